The Labute approximate surface area is 106 Å². The Bertz CT molecular complexity index is 240. The van der Waals surface area contributed by atoms with Crippen molar-refractivity contribution in [1.29, 1.82) is 0 Å². The second-order valence-corrected chi connectivity index (χ2v) is 5.94. The van der Waals surface area contributed by atoms with Crippen LogP contribution in [0, 0.1) is 17.8 Å². The van der Waals surface area contributed by atoms with Gasteiger partial charge in [-0.3, -0.25) is 4.79 Å². The van der Waals surface area contributed by atoms with E-state index >= 15 is 0 Å². The van der Waals surface area contributed by atoms with Crippen LogP contribution in [0.5, 0.6) is 0 Å². The molecule has 3 unspecified atom stereocenters. The zero-order valence-corrected chi connectivity index (χ0v) is 11.5. The first-order chi connectivity index (χ1) is 8.00. The van der Waals surface area contributed by atoms with Gasteiger partial charge in [0.1, 0.15) is 0 Å². The van der Waals surface area contributed by atoms with Crippen LogP contribution in [-0.2, 0) is 4.79 Å². The molecule has 3 heteroatoms. The highest BCUT2D eigenvalue weighted by Crippen LogP contribution is 2.28. The number of carbonyl (C=O) groups excluding carboxylic acids is 1. The molecule has 1 aliphatic carbocycles. The van der Waals surface area contributed by atoms with E-state index < -0.39 is 0 Å². The van der Waals surface area contributed by atoms with Gasteiger partial charge in [0.15, 0.2) is 0 Å². The molecule has 1 amide bonds. The van der Waals surface area contributed by atoms with Gasteiger partial charge in [0.25, 0.3) is 0 Å². The minimum absolute atomic E-state index is 0.0150. The maximum absolute atomic E-state index is 11.7. The van der Waals surface area contributed by atoms with Gasteiger partial charge in [-0.2, -0.15) is 0 Å². The molecule has 0 aromatic carbocycles. The summed E-state index contributed by atoms with van der Waals surface area (Å²) in [6.45, 7) is 7.25. The van der Waals surface area contributed by atoms with E-state index in [2.05, 4.69) is 26.1 Å². The maximum Gasteiger partial charge on any atom is 0.221 e. The average molecular weight is 240 g/mol. The quantitative estimate of drug-likeness (QED) is 0.774. The number of hydrogen-bond acceptors (Lipinski definition) is 2. The molecule has 0 heterocycles. The fourth-order valence-corrected chi connectivity index (χ4v) is 2.46. The molecule has 0 aromatic rings. The van der Waals surface area contributed by atoms with Gasteiger partial charge in [-0.15, -0.1) is 0 Å². The third kappa shape index (κ3) is 5.07. The van der Waals surface area contributed by atoms with Crippen LogP contribution in [-0.4, -0.2) is 18.5 Å². The van der Waals surface area contributed by atoms with Crippen molar-refractivity contribution < 1.29 is 4.79 Å². The maximum atomic E-state index is 11.7. The Balaban J connectivity index is 2.23. The molecule has 0 aliphatic heterocycles. The number of nitrogens with one attached hydrogen (secondary N) is 1. The van der Waals surface area contributed by atoms with Gasteiger partial charge in [-0.25, -0.2) is 0 Å². The lowest BCUT2D eigenvalue weighted by Gasteiger charge is -2.29. The first kappa shape index (κ1) is 14.5. The van der Waals surface area contributed by atoms with Crippen LogP contribution >= 0.6 is 0 Å². The Kier molecular flexibility index (Phi) is 5.96. The standard InChI is InChI=1S/C14H28N2O/c1-10(2)13(15)8-14(17)16-9-12-7-5-4-6-11(12)3/h10-13H,4-9,15H2,1-3H3,(H,16,17). The van der Waals surface area contributed by atoms with Gasteiger partial charge < -0.3 is 11.1 Å². The molecule has 3 atom stereocenters. The van der Waals surface area contributed by atoms with Crippen LogP contribution < -0.4 is 11.1 Å². The minimum atomic E-state index is -0.0150. The van der Waals surface area contributed by atoms with E-state index in [0.717, 1.165) is 12.5 Å². The smallest absolute Gasteiger partial charge is 0.221 e. The molecule has 0 aromatic heterocycles. The van der Waals surface area contributed by atoms with Gasteiger partial charge in [0, 0.05) is 19.0 Å². The second-order valence-electron chi connectivity index (χ2n) is 5.94. The topological polar surface area (TPSA) is 55.1 Å². The lowest BCUT2D eigenvalue weighted by molar-refractivity contribution is -0.121. The molecular weight excluding hydrogens is 212 g/mol. The van der Waals surface area contributed by atoms with Crippen LogP contribution in [0.2, 0.25) is 0 Å². The Hall–Kier alpha value is -0.570. The molecule has 0 radical (unpaired) electrons. The fourth-order valence-electron chi connectivity index (χ4n) is 2.46. The first-order valence-electron chi connectivity index (χ1n) is 7.03. The fraction of sp³-hybridized carbons (Fsp3) is 0.929. The van der Waals surface area contributed by atoms with Crippen molar-refractivity contribution in [3.05, 3.63) is 0 Å². The highest BCUT2D eigenvalue weighted by molar-refractivity contribution is 5.76. The number of carbonyl (C=O) groups is 1. The van der Waals surface area contributed by atoms with Gasteiger partial charge >= 0.3 is 0 Å². The van der Waals surface area contributed by atoms with E-state index in [9.17, 15) is 4.79 Å². The summed E-state index contributed by atoms with van der Waals surface area (Å²) in [4.78, 5) is 11.7. The molecule has 0 spiro atoms. The number of nitrogens with two attached hydrogens (primary N) is 1. The number of amides is 1. The normalized spacial score (nSPS) is 26.9. The predicted molar refractivity (Wildman–Crippen MR) is 71.6 cm³/mol. The summed E-state index contributed by atoms with van der Waals surface area (Å²) in [6, 6.07) is -0.0150. The zero-order chi connectivity index (χ0) is 12.8. The average Bonchev–Trinajstić information content (AvgIpc) is 2.27. The minimum Gasteiger partial charge on any atom is -0.356 e. The van der Waals surface area contributed by atoms with Crippen molar-refractivity contribution >= 4 is 5.91 Å². The molecular formula is C14H28N2O. The van der Waals surface area contributed by atoms with E-state index in [-0.39, 0.29) is 11.9 Å². The molecule has 1 aliphatic rings. The zero-order valence-electron chi connectivity index (χ0n) is 11.5. The predicted octanol–water partition coefficient (Wildman–Crippen LogP) is 2.30. The Morgan fingerprint density at radius 3 is 2.59 bits per heavy atom. The molecule has 0 bridgehead atoms. The number of hydrogen-bond donors (Lipinski definition) is 2. The van der Waals surface area contributed by atoms with E-state index in [4.69, 9.17) is 5.73 Å². The highest BCUT2D eigenvalue weighted by atomic mass is 16.1. The molecule has 100 valence electrons. The summed E-state index contributed by atoms with van der Waals surface area (Å²) >= 11 is 0. The van der Waals surface area contributed by atoms with Gasteiger partial charge in [0.05, 0.1) is 0 Å². The van der Waals surface area contributed by atoms with Gasteiger partial charge in [-0.1, -0.05) is 40.0 Å². The van der Waals surface area contributed by atoms with Crippen LogP contribution in [0.15, 0.2) is 0 Å². The molecule has 1 rings (SSSR count). The summed E-state index contributed by atoms with van der Waals surface area (Å²) in [5.74, 6) is 1.91. The third-order valence-electron chi connectivity index (χ3n) is 4.13. The van der Waals surface area contributed by atoms with Crippen molar-refractivity contribution in [2.24, 2.45) is 23.5 Å². The van der Waals surface area contributed by atoms with E-state index in [1.165, 1.54) is 25.7 Å². The van der Waals surface area contributed by atoms with Gasteiger partial charge in [0.2, 0.25) is 5.91 Å². The molecule has 1 fully saturated rings. The summed E-state index contributed by atoms with van der Waals surface area (Å²) in [5.41, 5.74) is 5.89. The van der Waals surface area contributed by atoms with Crippen molar-refractivity contribution in [2.75, 3.05) is 6.54 Å². The second kappa shape index (κ2) is 7.00. The third-order valence-corrected chi connectivity index (χ3v) is 4.13. The summed E-state index contributed by atoms with van der Waals surface area (Å²) in [5, 5.41) is 3.05. The van der Waals surface area contributed by atoms with Crippen LogP contribution in [0.1, 0.15) is 52.9 Å². The summed E-state index contributed by atoms with van der Waals surface area (Å²) in [7, 11) is 0. The highest BCUT2D eigenvalue weighted by Gasteiger charge is 2.22. The van der Waals surface area contributed by atoms with Crippen LogP contribution in [0.25, 0.3) is 0 Å². The van der Waals surface area contributed by atoms with Crippen molar-refractivity contribution in [3.63, 3.8) is 0 Å². The Morgan fingerprint density at radius 1 is 1.35 bits per heavy atom. The van der Waals surface area contributed by atoms with Crippen LogP contribution in [0.3, 0.4) is 0 Å². The van der Waals surface area contributed by atoms with Gasteiger partial charge in [-0.05, 0) is 24.2 Å². The molecule has 1 saturated carbocycles. The first-order valence-corrected chi connectivity index (χ1v) is 7.03. The lowest BCUT2D eigenvalue weighted by atomic mass is 9.80. The SMILES string of the molecule is CC(C)C(N)CC(=O)NCC1CCCCC1C. The molecule has 3 N–H and O–H groups in total. The largest absolute Gasteiger partial charge is 0.356 e. The van der Waals surface area contributed by atoms with E-state index in [1.54, 1.807) is 0 Å². The number of rotatable bonds is 5. The monoisotopic (exact) mass is 240 g/mol. The summed E-state index contributed by atoms with van der Waals surface area (Å²) in [6.07, 6.45) is 5.70. The molecule has 0 saturated heterocycles. The van der Waals surface area contributed by atoms with Crippen molar-refractivity contribution in [2.45, 2.75) is 58.9 Å². The lowest BCUT2D eigenvalue weighted by Crippen LogP contribution is -2.38. The van der Waals surface area contributed by atoms with Crippen molar-refractivity contribution in [1.82, 2.24) is 5.32 Å². The molecule has 3 nitrogen and oxygen atoms in total. The van der Waals surface area contributed by atoms with Crippen LogP contribution in [0.4, 0.5) is 0 Å². The van der Waals surface area contributed by atoms with E-state index in [0.29, 0.717) is 18.3 Å². The molecule has 17 heavy (non-hydrogen) atoms. The Morgan fingerprint density at radius 2 is 2.00 bits per heavy atom. The van der Waals surface area contributed by atoms with Crippen molar-refractivity contribution in [3.8, 4) is 0 Å². The van der Waals surface area contributed by atoms with E-state index in [1.807, 2.05) is 0 Å². The summed E-state index contributed by atoms with van der Waals surface area (Å²) < 4.78 is 0.